The molecule has 0 saturated carbocycles. The van der Waals surface area contributed by atoms with Crippen LogP contribution in [0.3, 0.4) is 0 Å². The molecule has 2 aliphatic rings. The summed E-state index contributed by atoms with van der Waals surface area (Å²) in [5.74, 6) is 0. The van der Waals surface area contributed by atoms with Crippen molar-refractivity contribution in [2.75, 3.05) is 0 Å². The largest absolute Gasteiger partial charge is 0.354 e. The lowest BCUT2D eigenvalue weighted by molar-refractivity contribution is 1.55. The molecule has 0 bridgehead atoms. The smallest absolute Gasteiger partial charge is 0.111 e. The Hall–Kier alpha value is -2.37. The van der Waals surface area contributed by atoms with Crippen molar-refractivity contribution in [1.29, 1.82) is 0 Å². The van der Waals surface area contributed by atoms with Crippen LogP contribution in [-0.4, -0.2) is 4.98 Å². The van der Waals surface area contributed by atoms with E-state index in [9.17, 15) is 0 Å². The van der Waals surface area contributed by atoms with E-state index in [0.29, 0.717) is 6.04 Å². The first-order chi connectivity index (χ1) is 8.84. The average molecular weight is 215 g/mol. The van der Waals surface area contributed by atoms with Gasteiger partial charge in [-0.05, 0) is 18.2 Å². The first-order valence-corrected chi connectivity index (χ1v) is 5.73. The zero-order valence-electron chi connectivity index (χ0n) is 9.96. The lowest BCUT2D eigenvalue weighted by atomic mass is 10.00. The van der Waals surface area contributed by atoms with E-state index < -0.39 is 0 Å². The highest BCUT2D eigenvalue weighted by molar-refractivity contribution is 6.31. The average Bonchev–Trinajstić information content (AvgIpc) is 2.93. The molecule has 0 atom stereocenters. The zero-order chi connectivity index (χ0) is 11.9. The molecule has 3 aromatic rings. The van der Waals surface area contributed by atoms with Crippen LogP contribution in [0, 0.1) is 6.07 Å². The topological polar surface area (TPSA) is 15.8 Å². The minimum absolute atomic E-state index is 0.499. The van der Waals surface area contributed by atoms with Crippen molar-refractivity contribution >= 4 is 32.6 Å². The Morgan fingerprint density at radius 1 is 1.06 bits per heavy atom. The standard InChI is InChI=1S/C16H8N/c1-3-9-7-8-13-16-14(9)10(4-1)11-5-2-6-12(17-13)15(11)16/h2-8,17H/q+1/i4D. The molecule has 0 radical (unpaired) electrons. The summed E-state index contributed by atoms with van der Waals surface area (Å²) in [6.07, 6.45) is 0. The van der Waals surface area contributed by atoms with E-state index in [1.54, 1.807) is 0 Å². The van der Waals surface area contributed by atoms with Gasteiger partial charge in [0.15, 0.2) is 0 Å². The molecule has 1 heterocycles. The van der Waals surface area contributed by atoms with Crippen molar-refractivity contribution in [2.45, 2.75) is 0 Å². The molecular formula is C16H8N+. The van der Waals surface area contributed by atoms with Crippen molar-refractivity contribution in [1.82, 2.24) is 4.98 Å². The van der Waals surface area contributed by atoms with Gasteiger partial charge in [-0.25, -0.2) is 0 Å². The number of hydrogen-bond acceptors (Lipinski definition) is 0. The Bertz CT molecular complexity index is 979. The second kappa shape index (κ2) is 2.32. The van der Waals surface area contributed by atoms with Gasteiger partial charge >= 0.3 is 0 Å². The summed E-state index contributed by atoms with van der Waals surface area (Å²) in [5.41, 5.74) is 4.58. The minimum atomic E-state index is 0.499. The highest BCUT2D eigenvalue weighted by Gasteiger charge is 2.27. The minimum Gasteiger partial charge on any atom is -0.354 e. The van der Waals surface area contributed by atoms with Crippen molar-refractivity contribution in [3.63, 3.8) is 0 Å². The Labute approximate surface area is 99.1 Å². The van der Waals surface area contributed by atoms with E-state index >= 15 is 0 Å². The maximum atomic E-state index is 8.13. The summed E-state index contributed by atoms with van der Waals surface area (Å²) in [6.45, 7) is 0. The van der Waals surface area contributed by atoms with Crippen molar-refractivity contribution in [3.8, 4) is 11.1 Å². The molecule has 2 aliphatic carbocycles. The molecule has 0 fully saturated rings. The fraction of sp³-hybridized carbons (Fsp3) is 0. The van der Waals surface area contributed by atoms with Crippen LogP contribution in [0.4, 0.5) is 0 Å². The lowest BCUT2D eigenvalue weighted by Gasteiger charge is -1.96. The molecule has 0 unspecified atom stereocenters. The molecule has 0 aliphatic heterocycles. The van der Waals surface area contributed by atoms with Crippen LogP contribution >= 0.6 is 0 Å². The van der Waals surface area contributed by atoms with E-state index in [0.717, 1.165) is 16.6 Å². The summed E-state index contributed by atoms with van der Waals surface area (Å²) in [7, 11) is 0. The fourth-order valence-electron chi connectivity index (χ4n) is 3.10. The first-order valence-electron chi connectivity index (χ1n) is 6.23. The number of fused-ring (bicyclic) bond motifs is 1. The molecule has 17 heavy (non-hydrogen) atoms. The third-order valence-corrected chi connectivity index (χ3v) is 3.77. The monoisotopic (exact) mass is 215 g/mol. The first kappa shape index (κ1) is 7.05. The van der Waals surface area contributed by atoms with Gasteiger partial charge < -0.3 is 4.98 Å². The molecule has 1 aromatic heterocycles. The summed E-state index contributed by atoms with van der Waals surface area (Å²) in [6, 6.07) is 16.0. The van der Waals surface area contributed by atoms with Crippen molar-refractivity contribution in [2.24, 2.45) is 0 Å². The van der Waals surface area contributed by atoms with E-state index in [2.05, 4.69) is 35.3 Å². The maximum absolute atomic E-state index is 8.13. The van der Waals surface area contributed by atoms with Crippen molar-refractivity contribution < 1.29 is 1.37 Å². The molecule has 0 amide bonds. The summed E-state index contributed by atoms with van der Waals surface area (Å²) < 4.78 is 8.13. The van der Waals surface area contributed by atoms with Crippen LogP contribution < -0.4 is 0 Å². The third-order valence-electron chi connectivity index (χ3n) is 3.77. The van der Waals surface area contributed by atoms with Gasteiger partial charge in [0.05, 0.1) is 10.9 Å². The van der Waals surface area contributed by atoms with Crippen LogP contribution in [0.1, 0.15) is 1.37 Å². The van der Waals surface area contributed by atoms with Crippen molar-refractivity contribution in [3.05, 3.63) is 48.5 Å². The van der Waals surface area contributed by atoms with Crippen LogP contribution in [0.2, 0.25) is 0 Å². The van der Waals surface area contributed by atoms with Gasteiger partial charge in [0.1, 0.15) is 24.6 Å². The molecule has 2 aromatic carbocycles. The molecule has 0 saturated heterocycles. The number of hydrogen-bond donors (Lipinski definition) is 1. The van der Waals surface area contributed by atoms with Gasteiger partial charge in [0.25, 0.3) is 0 Å². The van der Waals surface area contributed by atoms with E-state index in [4.69, 9.17) is 1.37 Å². The molecule has 1 nitrogen and oxygen atoms in total. The number of benzene rings is 3. The normalized spacial score (nSPS) is 13.3. The van der Waals surface area contributed by atoms with E-state index in [-0.39, 0.29) is 0 Å². The van der Waals surface area contributed by atoms with E-state index in [1.165, 1.54) is 27.1 Å². The van der Waals surface area contributed by atoms with Gasteiger partial charge in [0, 0.05) is 33.8 Å². The maximum Gasteiger partial charge on any atom is 0.111 e. The molecule has 5 rings (SSSR count). The summed E-state index contributed by atoms with van der Waals surface area (Å²) in [5, 5.41) is 4.88. The quantitative estimate of drug-likeness (QED) is 0.371. The van der Waals surface area contributed by atoms with Gasteiger partial charge in [-0.15, -0.1) is 0 Å². The van der Waals surface area contributed by atoms with Crippen LogP contribution in [-0.2, 0) is 0 Å². The Morgan fingerprint density at radius 3 is 3.00 bits per heavy atom. The molecule has 0 spiro atoms. The third kappa shape index (κ3) is 0.719. The molecule has 1 heteroatoms. The predicted octanol–water partition coefficient (Wildman–Crippen LogP) is 4.25. The highest BCUT2D eigenvalue weighted by atomic mass is 14.7. The van der Waals surface area contributed by atoms with Gasteiger partial charge in [-0.1, -0.05) is 6.07 Å². The second-order valence-corrected chi connectivity index (χ2v) is 4.59. The molecule has 1 N–H and O–H groups in total. The Balaban J connectivity index is 2.33. The molecular weight excluding hydrogens is 206 g/mol. The number of aromatic nitrogens is 1. The fourth-order valence-corrected chi connectivity index (χ4v) is 3.10. The number of nitrogens with one attached hydrogen (secondary N) is 1. The SMILES string of the molecule is [2H]c1[c+]cc2ccc3[nH]c4cccc5c1-c2c3c45. The lowest BCUT2D eigenvalue weighted by Crippen LogP contribution is -1.80. The van der Waals surface area contributed by atoms with Gasteiger partial charge in [0.2, 0.25) is 0 Å². The predicted molar refractivity (Wildman–Crippen MR) is 71.1 cm³/mol. The number of rotatable bonds is 0. The summed E-state index contributed by atoms with van der Waals surface area (Å²) >= 11 is 0. The van der Waals surface area contributed by atoms with Crippen LogP contribution in [0.15, 0.2) is 42.4 Å². The van der Waals surface area contributed by atoms with Crippen LogP contribution in [0.25, 0.3) is 43.7 Å². The Morgan fingerprint density at radius 2 is 2.00 bits per heavy atom. The number of aromatic amines is 1. The number of H-pyrrole nitrogens is 1. The molecule has 76 valence electrons. The van der Waals surface area contributed by atoms with Gasteiger partial charge in [-0.3, -0.25) is 0 Å². The van der Waals surface area contributed by atoms with Crippen LogP contribution in [0.5, 0.6) is 0 Å². The Kier molecular flexibility index (Phi) is 0.962. The summed E-state index contributed by atoms with van der Waals surface area (Å²) in [4.78, 5) is 3.45. The highest BCUT2D eigenvalue weighted by Crippen LogP contribution is 2.47. The van der Waals surface area contributed by atoms with Gasteiger partial charge in [-0.2, -0.15) is 0 Å². The van der Waals surface area contributed by atoms with E-state index in [1.807, 2.05) is 12.1 Å². The second-order valence-electron chi connectivity index (χ2n) is 4.59. The zero-order valence-corrected chi connectivity index (χ0v) is 8.96.